The number of nitrogens with zero attached hydrogens (tertiary/aromatic N) is 2. The Kier molecular flexibility index (Phi) is 6.55. The zero-order chi connectivity index (χ0) is 25.3. The van der Waals surface area contributed by atoms with Crippen molar-refractivity contribution in [3.05, 3.63) is 53.5 Å². The summed E-state index contributed by atoms with van der Waals surface area (Å²) >= 11 is 0. The number of nitrogens with one attached hydrogen (secondary N) is 1. The van der Waals surface area contributed by atoms with Gasteiger partial charge in [-0.3, -0.25) is 19.2 Å². The van der Waals surface area contributed by atoms with E-state index in [4.69, 9.17) is 9.15 Å². The molecule has 1 N–H and O–H groups in total. The Hall–Kier alpha value is -3.62. The van der Waals surface area contributed by atoms with Crippen LogP contribution in [0.3, 0.4) is 0 Å². The third-order valence-electron chi connectivity index (χ3n) is 7.96. The van der Waals surface area contributed by atoms with Crippen LogP contribution in [0.5, 0.6) is 5.75 Å². The highest BCUT2D eigenvalue weighted by molar-refractivity contribution is 6.02. The van der Waals surface area contributed by atoms with Crippen molar-refractivity contribution in [3.63, 3.8) is 0 Å². The molecule has 3 amide bonds. The molecule has 0 saturated carbocycles. The van der Waals surface area contributed by atoms with Crippen LogP contribution in [0, 0.1) is 5.41 Å². The van der Waals surface area contributed by atoms with Crippen molar-refractivity contribution in [3.8, 4) is 5.75 Å². The predicted octanol–water partition coefficient (Wildman–Crippen LogP) is 2.62. The van der Waals surface area contributed by atoms with Crippen LogP contribution in [0.4, 0.5) is 0 Å². The fourth-order valence-corrected chi connectivity index (χ4v) is 5.77. The lowest BCUT2D eigenvalue weighted by atomic mass is 9.77. The molecular weight excluding hydrogens is 462 g/mol. The van der Waals surface area contributed by atoms with E-state index in [0.717, 1.165) is 24.8 Å². The van der Waals surface area contributed by atoms with Crippen molar-refractivity contribution in [1.82, 2.24) is 15.1 Å². The van der Waals surface area contributed by atoms with E-state index in [-0.39, 0.29) is 41.2 Å². The van der Waals surface area contributed by atoms with Gasteiger partial charge < -0.3 is 24.3 Å². The number of hydrogen-bond donors (Lipinski definition) is 1. The normalized spacial score (nSPS) is 20.5. The van der Waals surface area contributed by atoms with E-state index in [1.807, 2.05) is 11.0 Å². The molecular formula is C27H31N3O6. The molecule has 9 heteroatoms. The Morgan fingerprint density at radius 2 is 1.83 bits per heavy atom. The fraction of sp³-hybridized carbons (Fsp3) is 0.481. The van der Waals surface area contributed by atoms with Gasteiger partial charge >= 0.3 is 0 Å². The number of benzene rings is 1. The van der Waals surface area contributed by atoms with Crippen molar-refractivity contribution in [1.29, 1.82) is 0 Å². The average molecular weight is 494 g/mol. The van der Waals surface area contributed by atoms with E-state index in [1.165, 1.54) is 6.26 Å². The molecule has 2 aromatic rings. The van der Waals surface area contributed by atoms with E-state index >= 15 is 0 Å². The van der Waals surface area contributed by atoms with Gasteiger partial charge in [-0.25, -0.2) is 0 Å². The Labute approximate surface area is 209 Å². The van der Waals surface area contributed by atoms with E-state index in [9.17, 15) is 19.2 Å². The number of ketones is 1. The van der Waals surface area contributed by atoms with Gasteiger partial charge in [0.2, 0.25) is 11.8 Å². The predicted molar refractivity (Wildman–Crippen MR) is 130 cm³/mol. The minimum Gasteiger partial charge on any atom is -0.497 e. The van der Waals surface area contributed by atoms with Crippen LogP contribution >= 0.6 is 0 Å². The smallest absolute Gasteiger partial charge is 0.287 e. The van der Waals surface area contributed by atoms with Gasteiger partial charge in [0.15, 0.2) is 11.5 Å². The van der Waals surface area contributed by atoms with Gasteiger partial charge in [-0.2, -0.15) is 0 Å². The van der Waals surface area contributed by atoms with Crippen LogP contribution in [0.15, 0.2) is 41.0 Å². The van der Waals surface area contributed by atoms with Crippen LogP contribution in [-0.2, 0) is 9.59 Å². The van der Waals surface area contributed by atoms with Crippen LogP contribution < -0.4 is 10.1 Å². The van der Waals surface area contributed by atoms with Crippen molar-refractivity contribution in [2.24, 2.45) is 5.41 Å². The number of hydrogen-bond acceptors (Lipinski definition) is 6. The highest BCUT2D eigenvalue weighted by Gasteiger charge is 2.43. The molecule has 2 saturated heterocycles. The van der Waals surface area contributed by atoms with Crippen LogP contribution in [0.25, 0.3) is 0 Å². The largest absolute Gasteiger partial charge is 0.497 e. The first-order valence-electron chi connectivity index (χ1n) is 12.5. The van der Waals surface area contributed by atoms with E-state index in [1.54, 1.807) is 36.3 Å². The summed E-state index contributed by atoms with van der Waals surface area (Å²) in [4.78, 5) is 53.9. The van der Waals surface area contributed by atoms with Crippen LogP contribution in [-0.4, -0.2) is 73.1 Å². The third kappa shape index (κ3) is 4.74. The van der Waals surface area contributed by atoms with Crippen LogP contribution in [0.1, 0.15) is 64.5 Å². The van der Waals surface area contributed by atoms with Gasteiger partial charge in [0, 0.05) is 50.5 Å². The van der Waals surface area contributed by atoms with Gasteiger partial charge in [0.05, 0.1) is 19.9 Å². The van der Waals surface area contributed by atoms with E-state index in [0.29, 0.717) is 50.3 Å². The average Bonchev–Trinajstić information content (AvgIpc) is 3.63. The molecule has 0 bridgehead atoms. The summed E-state index contributed by atoms with van der Waals surface area (Å²) in [5.41, 5.74) is 1.63. The first kappa shape index (κ1) is 24.1. The summed E-state index contributed by atoms with van der Waals surface area (Å²) in [7, 11) is 1.60. The maximum Gasteiger partial charge on any atom is 0.287 e. The molecule has 3 heterocycles. The van der Waals surface area contributed by atoms with Gasteiger partial charge in [0.25, 0.3) is 5.91 Å². The second kappa shape index (κ2) is 9.79. The maximum atomic E-state index is 13.2. The molecule has 1 spiro atoms. The molecule has 36 heavy (non-hydrogen) atoms. The third-order valence-corrected chi connectivity index (χ3v) is 7.96. The molecule has 1 aromatic heterocycles. The zero-order valence-corrected chi connectivity index (χ0v) is 20.5. The Morgan fingerprint density at radius 1 is 1.08 bits per heavy atom. The summed E-state index contributed by atoms with van der Waals surface area (Å²) in [5, 5.41) is 2.61. The molecule has 1 atom stereocenters. The Balaban J connectivity index is 1.11. The number of piperidine rings is 1. The van der Waals surface area contributed by atoms with Gasteiger partial charge in [-0.15, -0.1) is 0 Å². The van der Waals surface area contributed by atoms with Crippen molar-refractivity contribution in [2.75, 3.05) is 39.8 Å². The van der Waals surface area contributed by atoms with Crippen LogP contribution in [0.2, 0.25) is 0 Å². The van der Waals surface area contributed by atoms with E-state index in [2.05, 4.69) is 5.32 Å². The minimum absolute atomic E-state index is 0.0243. The zero-order valence-electron chi connectivity index (χ0n) is 20.5. The molecule has 2 fully saturated rings. The minimum atomic E-state index is -0.406. The Morgan fingerprint density at radius 3 is 2.53 bits per heavy atom. The molecule has 3 aliphatic rings. The first-order valence-corrected chi connectivity index (χ1v) is 12.5. The molecule has 0 radical (unpaired) electrons. The molecule has 1 unspecified atom stereocenters. The number of amides is 3. The Bertz CT molecular complexity index is 1170. The van der Waals surface area contributed by atoms with Crippen molar-refractivity contribution < 1.29 is 28.3 Å². The lowest BCUT2D eigenvalue weighted by Crippen LogP contribution is -2.47. The fourth-order valence-electron chi connectivity index (χ4n) is 5.77. The molecule has 1 aliphatic carbocycles. The summed E-state index contributed by atoms with van der Waals surface area (Å²) < 4.78 is 10.4. The lowest BCUT2D eigenvalue weighted by molar-refractivity contribution is -0.134. The summed E-state index contributed by atoms with van der Waals surface area (Å²) in [6, 6.07) is 8.64. The number of likely N-dealkylation sites (tertiary alicyclic amines) is 2. The summed E-state index contributed by atoms with van der Waals surface area (Å²) in [6.45, 7) is 2.55. The van der Waals surface area contributed by atoms with Gasteiger partial charge in [-0.05, 0) is 60.6 Å². The SMILES string of the molecule is COc1ccc2c(c1)C(CC(=O)N1CCC3(CCN(C(=O)CNC(=O)c4ccco4)CC3)C1)CC2=O. The topological polar surface area (TPSA) is 109 Å². The summed E-state index contributed by atoms with van der Waals surface area (Å²) in [5.74, 6) is 0.416. The highest BCUT2D eigenvalue weighted by Crippen LogP contribution is 2.42. The molecule has 2 aliphatic heterocycles. The monoisotopic (exact) mass is 493 g/mol. The first-order chi connectivity index (χ1) is 17.4. The maximum absolute atomic E-state index is 13.2. The van der Waals surface area contributed by atoms with Crippen molar-refractivity contribution in [2.45, 2.75) is 38.0 Å². The van der Waals surface area contributed by atoms with Gasteiger partial charge in [0.1, 0.15) is 5.75 Å². The second-order valence-corrected chi connectivity index (χ2v) is 10.1. The number of carbonyl (C=O) groups excluding carboxylic acids is 4. The molecule has 1 aromatic carbocycles. The molecule has 5 rings (SSSR count). The number of furan rings is 1. The number of carbonyl (C=O) groups is 4. The number of Topliss-reactive ketones (excluding diaryl/α,β-unsaturated/α-hetero) is 1. The molecule has 190 valence electrons. The highest BCUT2D eigenvalue weighted by atomic mass is 16.5. The number of rotatable bonds is 6. The number of methoxy groups -OCH3 is 1. The van der Waals surface area contributed by atoms with E-state index < -0.39 is 5.91 Å². The molecule has 9 nitrogen and oxygen atoms in total. The number of ether oxygens (including phenoxy) is 1. The van der Waals surface area contributed by atoms with Crippen molar-refractivity contribution >= 4 is 23.5 Å². The second-order valence-electron chi connectivity index (χ2n) is 10.1. The summed E-state index contributed by atoms with van der Waals surface area (Å²) in [6.07, 6.45) is 4.68. The number of fused-ring (bicyclic) bond motifs is 1. The standard InChI is InChI=1S/C27H31N3O6/c1-35-19-4-5-20-21(15-19)18(13-22(20)31)14-24(32)30-11-8-27(17-30)6-9-29(10-7-27)25(33)16-28-26(34)23-3-2-12-36-23/h2-5,12,15,18H,6-11,13-14,16-17H2,1H3,(H,28,34). The quantitative estimate of drug-likeness (QED) is 0.663. The van der Waals surface area contributed by atoms with Gasteiger partial charge in [-0.1, -0.05) is 0 Å². The lowest BCUT2D eigenvalue weighted by Gasteiger charge is -2.39.